The van der Waals surface area contributed by atoms with Crippen LogP contribution in [0.5, 0.6) is 11.5 Å². The van der Waals surface area contributed by atoms with E-state index >= 15 is 0 Å². The lowest BCUT2D eigenvalue weighted by molar-refractivity contribution is 0.229. The van der Waals surface area contributed by atoms with Gasteiger partial charge in [0.2, 0.25) is 0 Å². The van der Waals surface area contributed by atoms with Crippen molar-refractivity contribution in [3.05, 3.63) is 53.3 Å². The highest BCUT2D eigenvalue weighted by atomic mass is 127. The zero-order valence-corrected chi connectivity index (χ0v) is 19.5. The summed E-state index contributed by atoms with van der Waals surface area (Å²) in [5.41, 5.74) is 1.12. The van der Waals surface area contributed by atoms with Gasteiger partial charge < -0.3 is 20.1 Å². The number of guanidine groups is 1. The molecular weight excluding hydrogens is 491 g/mol. The van der Waals surface area contributed by atoms with E-state index in [4.69, 9.17) is 21.1 Å². The molecule has 1 aromatic carbocycles. The van der Waals surface area contributed by atoms with Gasteiger partial charge >= 0.3 is 0 Å². The van der Waals surface area contributed by atoms with E-state index in [-0.39, 0.29) is 30.1 Å². The van der Waals surface area contributed by atoms with Gasteiger partial charge in [0.05, 0.1) is 13.7 Å². The molecule has 2 aromatic rings. The van der Waals surface area contributed by atoms with Gasteiger partial charge in [0, 0.05) is 25.4 Å². The summed E-state index contributed by atoms with van der Waals surface area (Å²) in [6, 6.07) is 11.3. The Morgan fingerprint density at radius 3 is 2.68 bits per heavy atom. The molecule has 1 unspecified atom stereocenters. The number of pyridine rings is 1. The van der Waals surface area contributed by atoms with Gasteiger partial charge in [-0.05, 0) is 44.0 Å². The van der Waals surface area contributed by atoms with Crippen LogP contribution in [0.25, 0.3) is 0 Å². The van der Waals surface area contributed by atoms with E-state index in [0.29, 0.717) is 11.7 Å². The van der Waals surface area contributed by atoms with Crippen LogP contribution >= 0.6 is 35.6 Å². The van der Waals surface area contributed by atoms with Crippen molar-refractivity contribution in [3.63, 3.8) is 0 Å². The first-order chi connectivity index (χ1) is 13.1. The van der Waals surface area contributed by atoms with Crippen molar-refractivity contribution in [1.29, 1.82) is 0 Å². The summed E-state index contributed by atoms with van der Waals surface area (Å²) in [6.07, 6.45) is 2.57. The van der Waals surface area contributed by atoms with Gasteiger partial charge in [0.1, 0.15) is 22.8 Å². The summed E-state index contributed by atoms with van der Waals surface area (Å²) in [5.74, 6) is 2.31. The zero-order valence-electron chi connectivity index (χ0n) is 16.4. The van der Waals surface area contributed by atoms with Crippen LogP contribution in [-0.4, -0.2) is 43.8 Å². The molecule has 0 bridgehead atoms. The zero-order chi connectivity index (χ0) is 19.5. The number of benzene rings is 1. The minimum absolute atomic E-state index is 0. The topological polar surface area (TPSA) is 67.8 Å². The Labute approximate surface area is 189 Å². The van der Waals surface area contributed by atoms with Crippen LogP contribution in [0.15, 0.2) is 47.6 Å². The van der Waals surface area contributed by atoms with Gasteiger partial charge in [0.15, 0.2) is 5.96 Å². The summed E-state index contributed by atoms with van der Waals surface area (Å²) < 4.78 is 11.1. The second-order valence-electron chi connectivity index (χ2n) is 5.99. The molecule has 0 fully saturated rings. The van der Waals surface area contributed by atoms with Crippen LogP contribution in [0.1, 0.15) is 19.4 Å². The molecule has 0 aliphatic carbocycles. The van der Waals surface area contributed by atoms with Crippen LogP contribution in [-0.2, 0) is 6.42 Å². The lowest BCUT2D eigenvalue weighted by atomic mass is 10.2. The fourth-order valence-electron chi connectivity index (χ4n) is 2.39. The Morgan fingerprint density at radius 1 is 1.21 bits per heavy atom. The standard InChI is InChI=1S/C20H27ClN4O2.HI/c1-4-22-20(23-11-10-16-8-9-19(21)24-14-16)25-13-15(2)27-18-7-5-6-17(12-18)26-3;/h5-9,12,14-15H,4,10-11,13H2,1-3H3,(H2,22,23,25);1H. The fourth-order valence-corrected chi connectivity index (χ4v) is 2.50. The number of aromatic nitrogens is 1. The molecule has 0 radical (unpaired) electrons. The number of nitrogens with zero attached hydrogens (tertiary/aromatic N) is 2. The molecule has 0 aliphatic rings. The largest absolute Gasteiger partial charge is 0.497 e. The molecule has 0 aliphatic heterocycles. The highest BCUT2D eigenvalue weighted by Crippen LogP contribution is 2.19. The Bertz CT molecular complexity index is 728. The Kier molecular flexibility index (Phi) is 11.7. The maximum Gasteiger partial charge on any atom is 0.191 e. The van der Waals surface area contributed by atoms with Crippen LogP contribution < -0.4 is 20.1 Å². The molecule has 1 aromatic heterocycles. The summed E-state index contributed by atoms with van der Waals surface area (Å²) >= 11 is 5.81. The van der Waals surface area contributed by atoms with Gasteiger partial charge in [-0.15, -0.1) is 24.0 Å². The molecular formula is C20H28ClIN4O2. The molecule has 0 spiro atoms. The molecule has 2 rings (SSSR count). The molecule has 1 atom stereocenters. The van der Waals surface area contributed by atoms with Gasteiger partial charge in [-0.3, -0.25) is 0 Å². The highest BCUT2D eigenvalue weighted by Gasteiger charge is 2.06. The predicted octanol–water partition coefficient (Wildman–Crippen LogP) is 3.93. The van der Waals surface area contributed by atoms with Crippen molar-refractivity contribution in [2.45, 2.75) is 26.4 Å². The SMILES string of the molecule is CCNC(=NCC(C)Oc1cccc(OC)c1)NCCc1ccc(Cl)nc1.I. The lowest BCUT2D eigenvalue weighted by Gasteiger charge is -2.15. The average molecular weight is 519 g/mol. The first kappa shape index (κ1) is 24.3. The third kappa shape index (κ3) is 8.97. The van der Waals surface area contributed by atoms with Gasteiger partial charge in [-0.1, -0.05) is 23.7 Å². The number of nitrogens with one attached hydrogen (secondary N) is 2. The molecule has 0 amide bonds. The van der Waals surface area contributed by atoms with Crippen molar-refractivity contribution in [2.75, 3.05) is 26.7 Å². The average Bonchev–Trinajstić information content (AvgIpc) is 2.68. The summed E-state index contributed by atoms with van der Waals surface area (Å²) in [5, 5.41) is 7.07. The van der Waals surface area contributed by atoms with Crippen LogP contribution in [0.2, 0.25) is 5.15 Å². The molecule has 154 valence electrons. The second-order valence-corrected chi connectivity index (χ2v) is 6.38. The Hall–Kier alpha value is -1.74. The third-order valence-electron chi connectivity index (χ3n) is 3.72. The molecule has 28 heavy (non-hydrogen) atoms. The Balaban J connectivity index is 0.00000392. The second kappa shape index (κ2) is 13.4. The number of halogens is 2. The first-order valence-corrected chi connectivity index (χ1v) is 9.41. The fraction of sp³-hybridized carbons (Fsp3) is 0.400. The molecule has 2 N–H and O–H groups in total. The van der Waals surface area contributed by atoms with E-state index in [0.717, 1.165) is 42.5 Å². The van der Waals surface area contributed by atoms with Gasteiger partial charge in [-0.2, -0.15) is 0 Å². The highest BCUT2D eigenvalue weighted by molar-refractivity contribution is 14.0. The number of rotatable bonds is 9. The normalized spacial score (nSPS) is 11.9. The maximum absolute atomic E-state index is 5.91. The molecule has 1 heterocycles. The van der Waals surface area contributed by atoms with E-state index in [1.165, 1.54) is 0 Å². The van der Waals surface area contributed by atoms with E-state index in [9.17, 15) is 0 Å². The molecule has 8 heteroatoms. The lowest BCUT2D eigenvalue weighted by Crippen LogP contribution is -2.39. The van der Waals surface area contributed by atoms with Crippen molar-refractivity contribution in [3.8, 4) is 11.5 Å². The van der Waals surface area contributed by atoms with Crippen molar-refractivity contribution in [1.82, 2.24) is 15.6 Å². The number of aliphatic imine (C=N–C) groups is 1. The predicted molar refractivity (Wildman–Crippen MR) is 125 cm³/mol. The minimum atomic E-state index is -0.0620. The van der Waals surface area contributed by atoms with Crippen LogP contribution in [0.3, 0.4) is 0 Å². The van der Waals surface area contributed by atoms with E-state index in [1.807, 2.05) is 44.2 Å². The maximum atomic E-state index is 5.91. The van der Waals surface area contributed by atoms with Crippen molar-refractivity contribution < 1.29 is 9.47 Å². The number of hydrogen-bond acceptors (Lipinski definition) is 4. The summed E-state index contributed by atoms with van der Waals surface area (Å²) in [7, 11) is 1.64. The van der Waals surface area contributed by atoms with Crippen LogP contribution in [0, 0.1) is 0 Å². The number of ether oxygens (including phenoxy) is 2. The van der Waals surface area contributed by atoms with Gasteiger partial charge in [0.25, 0.3) is 0 Å². The third-order valence-corrected chi connectivity index (χ3v) is 3.95. The quantitative estimate of drug-likeness (QED) is 0.228. The molecule has 0 saturated carbocycles. The van der Waals surface area contributed by atoms with E-state index in [1.54, 1.807) is 19.4 Å². The number of methoxy groups -OCH3 is 1. The minimum Gasteiger partial charge on any atom is -0.497 e. The van der Waals surface area contributed by atoms with Crippen molar-refractivity contribution >= 4 is 41.5 Å². The monoisotopic (exact) mass is 518 g/mol. The number of hydrogen-bond donors (Lipinski definition) is 2. The molecule has 6 nitrogen and oxygen atoms in total. The summed E-state index contributed by atoms with van der Waals surface area (Å²) in [4.78, 5) is 8.69. The Morgan fingerprint density at radius 2 is 2.00 bits per heavy atom. The van der Waals surface area contributed by atoms with Crippen LogP contribution in [0.4, 0.5) is 0 Å². The van der Waals surface area contributed by atoms with Gasteiger partial charge in [-0.25, -0.2) is 9.98 Å². The van der Waals surface area contributed by atoms with E-state index < -0.39 is 0 Å². The molecule has 0 saturated heterocycles. The smallest absolute Gasteiger partial charge is 0.191 e. The van der Waals surface area contributed by atoms with E-state index in [2.05, 4.69) is 20.6 Å². The first-order valence-electron chi connectivity index (χ1n) is 9.04. The van der Waals surface area contributed by atoms with Crippen molar-refractivity contribution in [2.24, 2.45) is 4.99 Å². The summed E-state index contributed by atoms with van der Waals surface area (Å²) in [6.45, 7) is 6.11.